The second-order valence-corrected chi connectivity index (χ2v) is 8.12. The zero-order chi connectivity index (χ0) is 19.1. The van der Waals surface area contributed by atoms with Gasteiger partial charge in [-0.1, -0.05) is 6.92 Å². The monoisotopic (exact) mass is 379 g/mol. The highest BCUT2D eigenvalue weighted by Gasteiger charge is 2.30. The topological polar surface area (TPSA) is 60.4 Å². The average molecular weight is 380 g/mol. The number of hydrogen-bond donors (Lipinski definition) is 1. The van der Waals surface area contributed by atoms with E-state index in [1.807, 2.05) is 4.90 Å². The Morgan fingerprint density at radius 3 is 2.44 bits per heavy atom. The molecule has 3 fully saturated rings. The van der Waals surface area contributed by atoms with Gasteiger partial charge in [-0.05, 0) is 51.6 Å². The van der Waals surface area contributed by atoms with Crippen molar-refractivity contribution < 1.29 is 9.53 Å². The van der Waals surface area contributed by atoms with E-state index in [-0.39, 0.29) is 12.0 Å². The molecule has 3 aliphatic rings. The summed E-state index contributed by atoms with van der Waals surface area (Å²) in [7, 11) is 0. The molecule has 1 N–H and O–H groups in total. The Morgan fingerprint density at radius 2 is 1.81 bits per heavy atom. The van der Waals surface area contributed by atoms with Gasteiger partial charge in [0.15, 0.2) is 5.96 Å². The molecule has 27 heavy (non-hydrogen) atoms. The highest BCUT2D eigenvalue weighted by atomic mass is 16.5. The molecule has 0 spiro atoms. The van der Waals surface area contributed by atoms with Crippen molar-refractivity contribution in [2.45, 2.75) is 45.6 Å². The molecule has 3 saturated heterocycles. The summed E-state index contributed by atoms with van der Waals surface area (Å²) in [6.07, 6.45) is 4.35. The minimum absolute atomic E-state index is 0.174. The molecule has 3 aliphatic heterocycles. The van der Waals surface area contributed by atoms with Crippen molar-refractivity contribution >= 4 is 11.9 Å². The Bertz CT molecular complexity index is 493. The number of piperazine rings is 1. The van der Waals surface area contributed by atoms with Gasteiger partial charge in [-0.3, -0.25) is 9.79 Å². The van der Waals surface area contributed by atoms with Gasteiger partial charge in [-0.2, -0.15) is 0 Å². The van der Waals surface area contributed by atoms with E-state index < -0.39 is 0 Å². The van der Waals surface area contributed by atoms with Crippen LogP contribution in [0.1, 0.15) is 39.5 Å². The fourth-order valence-corrected chi connectivity index (χ4v) is 4.25. The Balaban J connectivity index is 1.47. The summed E-state index contributed by atoms with van der Waals surface area (Å²) in [4.78, 5) is 24.2. The van der Waals surface area contributed by atoms with Gasteiger partial charge in [0.25, 0.3) is 5.91 Å². The summed E-state index contributed by atoms with van der Waals surface area (Å²) in [6.45, 7) is 13.7. The Kier molecular flexibility index (Phi) is 7.76. The summed E-state index contributed by atoms with van der Waals surface area (Å²) in [5.74, 6) is 1.74. The molecule has 3 heterocycles. The average Bonchev–Trinajstić information content (AvgIpc) is 3.39. The van der Waals surface area contributed by atoms with Gasteiger partial charge >= 0.3 is 0 Å². The van der Waals surface area contributed by atoms with E-state index in [1.165, 1.54) is 25.9 Å². The minimum Gasteiger partial charge on any atom is -0.368 e. The maximum Gasteiger partial charge on any atom is 0.251 e. The lowest BCUT2D eigenvalue weighted by atomic mass is 10.2. The molecule has 0 aromatic rings. The van der Waals surface area contributed by atoms with Crippen molar-refractivity contribution in [3.05, 3.63) is 0 Å². The van der Waals surface area contributed by atoms with Crippen LogP contribution in [0.15, 0.2) is 4.99 Å². The third kappa shape index (κ3) is 5.82. The van der Waals surface area contributed by atoms with Crippen LogP contribution in [0.4, 0.5) is 0 Å². The minimum atomic E-state index is -0.204. The number of amides is 1. The largest absolute Gasteiger partial charge is 0.368 e. The molecular formula is C20H37N5O2. The second kappa shape index (κ2) is 10.3. The molecule has 2 atom stereocenters. The van der Waals surface area contributed by atoms with Crippen LogP contribution in [-0.2, 0) is 9.53 Å². The van der Waals surface area contributed by atoms with Crippen molar-refractivity contribution in [3.63, 3.8) is 0 Å². The second-order valence-electron chi connectivity index (χ2n) is 8.12. The van der Waals surface area contributed by atoms with E-state index in [2.05, 4.69) is 29.0 Å². The lowest BCUT2D eigenvalue weighted by Crippen LogP contribution is -2.55. The molecule has 7 nitrogen and oxygen atoms in total. The molecule has 0 saturated carbocycles. The molecule has 154 valence electrons. The quantitative estimate of drug-likeness (QED) is 0.551. The number of nitrogens with one attached hydrogen (secondary N) is 1. The first-order valence-corrected chi connectivity index (χ1v) is 10.8. The van der Waals surface area contributed by atoms with E-state index >= 15 is 0 Å². The van der Waals surface area contributed by atoms with Gasteiger partial charge in [0, 0.05) is 52.4 Å². The lowest BCUT2D eigenvalue weighted by Gasteiger charge is -2.37. The van der Waals surface area contributed by atoms with Crippen LogP contribution >= 0.6 is 0 Å². The van der Waals surface area contributed by atoms with Crippen LogP contribution in [0, 0.1) is 5.92 Å². The van der Waals surface area contributed by atoms with Crippen LogP contribution < -0.4 is 5.32 Å². The highest BCUT2D eigenvalue weighted by molar-refractivity contribution is 5.82. The van der Waals surface area contributed by atoms with Crippen LogP contribution in [-0.4, -0.2) is 98.2 Å². The van der Waals surface area contributed by atoms with Gasteiger partial charge in [0.2, 0.25) is 0 Å². The first-order valence-electron chi connectivity index (χ1n) is 10.8. The third-order valence-corrected chi connectivity index (χ3v) is 5.75. The first-order chi connectivity index (χ1) is 13.2. The fourth-order valence-electron chi connectivity index (χ4n) is 4.25. The van der Waals surface area contributed by atoms with E-state index in [0.29, 0.717) is 5.92 Å². The number of likely N-dealkylation sites (tertiary alicyclic amines) is 1. The van der Waals surface area contributed by atoms with Gasteiger partial charge in [-0.25, -0.2) is 0 Å². The maximum atomic E-state index is 12.5. The molecular weight excluding hydrogens is 342 g/mol. The molecule has 0 aromatic heterocycles. The predicted octanol–water partition coefficient (Wildman–Crippen LogP) is 1.01. The number of nitrogens with zero attached hydrogens (tertiary/aromatic N) is 4. The summed E-state index contributed by atoms with van der Waals surface area (Å²) >= 11 is 0. The van der Waals surface area contributed by atoms with Gasteiger partial charge in [-0.15, -0.1) is 0 Å². The molecule has 0 radical (unpaired) electrons. The summed E-state index contributed by atoms with van der Waals surface area (Å²) in [6, 6.07) is 0. The third-order valence-electron chi connectivity index (χ3n) is 5.75. The van der Waals surface area contributed by atoms with E-state index in [0.717, 1.165) is 71.2 Å². The van der Waals surface area contributed by atoms with E-state index in [4.69, 9.17) is 9.73 Å². The number of carbonyl (C=O) groups excluding carboxylic acids is 1. The van der Waals surface area contributed by atoms with Gasteiger partial charge < -0.3 is 24.8 Å². The summed E-state index contributed by atoms with van der Waals surface area (Å²) in [5, 5.41) is 3.43. The van der Waals surface area contributed by atoms with Gasteiger partial charge in [0.05, 0.1) is 0 Å². The maximum absolute atomic E-state index is 12.5. The van der Waals surface area contributed by atoms with Crippen molar-refractivity contribution in [1.29, 1.82) is 0 Å². The number of hydrogen-bond acceptors (Lipinski definition) is 4. The fraction of sp³-hybridized carbons (Fsp3) is 0.900. The van der Waals surface area contributed by atoms with Crippen LogP contribution in [0.25, 0.3) is 0 Å². The number of ether oxygens (including phenoxy) is 1. The van der Waals surface area contributed by atoms with Crippen LogP contribution in [0.5, 0.6) is 0 Å². The summed E-state index contributed by atoms with van der Waals surface area (Å²) in [5.41, 5.74) is 0. The highest BCUT2D eigenvalue weighted by Crippen LogP contribution is 2.16. The zero-order valence-corrected chi connectivity index (χ0v) is 17.2. The molecule has 0 aromatic carbocycles. The number of carbonyl (C=O) groups is 1. The number of aliphatic imine (C=N–C) groups is 1. The Labute approximate surface area is 164 Å². The normalized spacial score (nSPS) is 25.9. The summed E-state index contributed by atoms with van der Waals surface area (Å²) < 4.78 is 5.56. The van der Waals surface area contributed by atoms with Gasteiger partial charge in [0.1, 0.15) is 6.10 Å². The van der Waals surface area contributed by atoms with Crippen LogP contribution in [0.3, 0.4) is 0 Å². The van der Waals surface area contributed by atoms with Crippen molar-refractivity contribution in [3.8, 4) is 0 Å². The van der Waals surface area contributed by atoms with Crippen molar-refractivity contribution in [1.82, 2.24) is 20.0 Å². The Morgan fingerprint density at radius 1 is 1.11 bits per heavy atom. The SMILES string of the molecule is CCNC(=NCC(C)CN1CCCC1)N1CCN(C(=O)C2CCCO2)CC1. The zero-order valence-electron chi connectivity index (χ0n) is 17.2. The molecule has 0 aliphatic carbocycles. The number of rotatable bonds is 6. The standard InChI is InChI=1S/C20H37N5O2/c1-3-21-20(22-15-17(2)16-23-8-4-5-9-23)25-12-10-24(11-13-25)19(26)18-7-6-14-27-18/h17-18H,3-16H2,1-2H3,(H,21,22). The molecule has 3 rings (SSSR count). The van der Waals surface area contributed by atoms with Crippen LogP contribution in [0.2, 0.25) is 0 Å². The molecule has 2 unspecified atom stereocenters. The molecule has 0 bridgehead atoms. The lowest BCUT2D eigenvalue weighted by molar-refractivity contribution is -0.142. The van der Waals surface area contributed by atoms with E-state index in [1.54, 1.807) is 0 Å². The first kappa shape index (κ1) is 20.4. The number of guanidine groups is 1. The molecule has 7 heteroatoms. The predicted molar refractivity (Wildman–Crippen MR) is 108 cm³/mol. The van der Waals surface area contributed by atoms with Crippen molar-refractivity contribution in [2.75, 3.05) is 65.5 Å². The van der Waals surface area contributed by atoms with Crippen molar-refractivity contribution in [2.24, 2.45) is 10.9 Å². The molecule has 1 amide bonds. The van der Waals surface area contributed by atoms with E-state index in [9.17, 15) is 4.79 Å². The smallest absolute Gasteiger partial charge is 0.251 e. The Hall–Kier alpha value is -1.34.